The first-order valence-electron chi connectivity index (χ1n) is 5.62. The highest BCUT2D eigenvalue weighted by Crippen LogP contribution is 2.32. The molecule has 0 heterocycles. The van der Waals surface area contributed by atoms with Crippen LogP contribution in [0.2, 0.25) is 0 Å². The van der Waals surface area contributed by atoms with Gasteiger partial charge in [-0.15, -0.1) is 0 Å². The molecule has 0 radical (unpaired) electrons. The summed E-state index contributed by atoms with van der Waals surface area (Å²) in [4.78, 5) is 11.0. The molecular formula is C15H14O3. The molecule has 2 rings (SSSR count). The predicted octanol–water partition coefficient (Wildman–Crippen LogP) is 2.67. The lowest BCUT2D eigenvalue weighted by atomic mass is 10.00. The van der Waals surface area contributed by atoms with Crippen molar-refractivity contribution in [3.8, 4) is 16.9 Å². The number of aliphatic hydroxyl groups is 1. The Morgan fingerprint density at radius 2 is 2.00 bits per heavy atom. The lowest BCUT2D eigenvalue weighted by Crippen LogP contribution is -1.94. The van der Waals surface area contributed by atoms with Crippen molar-refractivity contribution in [2.75, 3.05) is 7.11 Å². The molecule has 0 atom stereocenters. The SMILES string of the molecule is COc1c(C=O)cccc1-c1cccc(CO)c1. The van der Waals surface area contributed by atoms with Gasteiger partial charge in [0.05, 0.1) is 19.3 Å². The van der Waals surface area contributed by atoms with Crippen molar-refractivity contribution in [2.45, 2.75) is 6.61 Å². The van der Waals surface area contributed by atoms with Crippen LogP contribution in [-0.2, 0) is 6.61 Å². The number of ether oxygens (including phenoxy) is 1. The summed E-state index contributed by atoms with van der Waals surface area (Å²) in [5.74, 6) is 0.558. The molecule has 0 fully saturated rings. The van der Waals surface area contributed by atoms with Crippen LogP contribution in [0.15, 0.2) is 42.5 Å². The van der Waals surface area contributed by atoms with E-state index in [4.69, 9.17) is 9.84 Å². The lowest BCUT2D eigenvalue weighted by Gasteiger charge is -2.11. The molecule has 0 aliphatic carbocycles. The summed E-state index contributed by atoms with van der Waals surface area (Å²) in [6.07, 6.45) is 0.776. The van der Waals surface area contributed by atoms with Crippen molar-refractivity contribution in [3.63, 3.8) is 0 Å². The Labute approximate surface area is 106 Å². The van der Waals surface area contributed by atoms with Crippen molar-refractivity contribution >= 4 is 6.29 Å². The van der Waals surface area contributed by atoms with Gasteiger partial charge >= 0.3 is 0 Å². The maximum atomic E-state index is 11.0. The molecule has 0 saturated carbocycles. The van der Waals surface area contributed by atoms with E-state index in [-0.39, 0.29) is 6.61 Å². The van der Waals surface area contributed by atoms with Gasteiger partial charge in [0.1, 0.15) is 5.75 Å². The molecule has 0 bridgehead atoms. The minimum absolute atomic E-state index is 0.0104. The second-order valence-corrected chi connectivity index (χ2v) is 3.90. The van der Waals surface area contributed by atoms with Crippen molar-refractivity contribution in [3.05, 3.63) is 53.6 Å². The van der Waals surface area contributed by atoms with Gasteiger partial charge < -0.3 is 9.84 Å². The zero-order valence-corrected chi connectivity index (χ0v) is 10.1. The van der Waals surface area contributed by atoms with E-state index >= 15 is 0 Å². The van der Waals surface area contributed by atoms with E-state index in [1.54, 1.807) is 13.2 Å². The zero-order valence-electron chi connectivity index (χ0n) is 10.1. The summed E-state index contributed by atoms with van der Waals surface area (Å²) >= 11 is 0. The molecule has 18 heavy (non-hydrogen) atoms. The normalized spacial score (nSPS) is 10.1. The molecule has 1 N–H and O–H groups in total. The second-order valence-electron chi connectivity index (χ2n) is 3.90. The van der Waals surface area contributed by atoms with Gasteiger partial charge in [-0.05, 0) is 23.3 Å². The quantitative estimate of drug-likeness (QED) is 0.838. The largest absolute Gasteiger partial charge is 0.495 e. The molecule has 0 spiro atoms. The van der Waals surface area contributed by atoms with E-state index in [2.05, 4.69) is 0 Å². The molecule has 0 aromatic heterocycles. The van der Waals surface area contributed by atoms with Crippen LogP contribution in [0.25, 0.3) is 11.1 Å². The Morgan fingerprint density at radius 1 is 1.22 bits per heavy atom. The standard InChI is InChI=1S/C15H14O3/c1-18-15-13(10-17)6-3-7-14(15)12-5-2-4-11(8-12)9-16/h2-8,10,16H,9H2,1H3. The average molecular weight is 242 g/mol. The summed E-state index contributed by atoms with van der Waals surface area (Å²) in [5, 5.41) is 9.15. The average Bonchev–Trinajstić information content (AvgIpc) is 2.46. The third kappa shape index (κ3) is 2.26. The van der Waals surface area contributed by atoms with Gasteiger partial charge in [0.25, 0.3) is 0 Å². The highest BCUT2D eigenvalue weighted by molar-refractivity contribution is 5.86. The monoisotopic (exact) mass is 242 g/mol. The van der Waals surface area contributed by atoms with Gasteiger partial charge in [0, 0.05) is 5.56 Å². The Morgan fingerprint density at radius 3 is 2.67 bits per heavy atom. The number of methoxy groups -OCH3 is 1. The van der Waals surface area contributed by atoms with Crippen LogP contribution in [0.5, 0.6) is 5.75 Å². The summed E-state index contributed by atoms with van der Waals surface area (Å²) in [5.41, 5.74) is 3.11. The fourth-order valence-corrected chi connectivity index (χ4v) is 1.94. The summed E-state index contributed by atoms with van der Waals surface area (Å²) in [7, 11) is 1.54. The molecule has 2 aromatic carbocycles. The highest BCUT2D eigenvalue weighted by Gasteiger charge is 2.10. The van der Waals surface area contributed by atoms with Crippen molar-refractivity contribution in [1.29, 1.82) is 0 Å². The van der Waals surface area contributed by atoms with Gasteiger partial charge in [0.15, 0.2) is 6.29 Å². The first-order chi connectivity index (χ1) is 8.80. The van der Waals surface area contributed by atoms with Crippen molar-refractivity contribution in [2.24, 2.45) is 0 Å². The Bertz CT molecular complexity index is 561. The van der Waals surface area contributed by atoms with E-state index in [1.165, 1.54) is 0 Å². The first-order valence-corrected chi connectivity index (χ1v) is 5.62. The smallest absolute Gasteiger partial charge is 0.153 e. The fourth-order valence-electron chi connectivity index (χ4n) is 1.94. The predicted molar refractivity (Wildman–Crippen MR) is 69.7 cm³/mol. The minimum Gasteiger partial charge on any atom is -0.495 e. The van der Waals surface area contributed by atoms with E-state index in [9.17, 15) is 4.79 Å². The van der Waals surface area contributed by atoms with Crippen LogP contribution in [0, 0.1) is 0 Å². The van der Waals surface area contributed by atoms with Crippen molar-refractivity contribution < 1.29 is 14.6 Å². The van der Waals surface area contributed by atoms with Crippen LogP contribution < -0.4 is 4.74 Å². The van der Waals surface area contributed by atoms with Crippen LogP contribution >= 0.6 is 0 Å². The third-order valence-electron chi connectivity index (χ3n) is 2.80. The molecule has 0 aliphatic rings. The number of para-hydroxylation sites is 1. The van der Waals surface area contributed by atoms with Gasteiger partial charge in [0.2, 0.25) is 0 Å². The number of aliphatic hydroxyl groups excluding tert-OH is 1. The van der Waals surface area contributed by atoms with E-state index in [0.29, 0.717) is 11.3 Å². The maximum Gasteiger partial charge on any atom is 0.153 e. The third-order valence-corrected chi connectivity index (χ3v) is 2.80. The molecule has 3 heteroatoms. The molecule has 2 aromatic rings. The number of rotatable bonds is 4. The number of benzene rings is 2. The summed E-state index contributed by atoms with van der Waals surface area (Å²) in [6, 6.07) is 12.9. The number of hydrogen-bond acceptors (Lipinski definition) is 3. The molecule has 0 unspecified atom stereocenters. The second kappa shape index (κ2) is 5.47. The molecule has 0 saturated heterocycles. The van der Waals surface area contributed by atoms with Gasteiger partial charge in [-0.2, -0.15) is 0 Å². The topological polar surface area (TPSA) is 46.5 Å². The van der Waals surface area contributed by atoms with Crippen LogP contribution in [0.3, 0.4) is 0 Å². The molecule has 0 aliphatic heterocycles. The van der Waals surface area contributed by atoms with E-state index in [1.807, 2.05) is 36.4 Å². The van der Waals surface area contributed by atoms with Crippen LogP contribution in [0.4, 0.5) is 0 Å². The maximum absolute atomic E-state index is 11.0. The van der Waals surface area contributed by atoms with Crippen molar-refractivity contribution in [1.82, 2.24) is 0 Å². The molecule has 0 amide bonds. The molecule has 3 nitrogen and oxygen atoms in total. The molecular weight excluding hydrogens is 228 g/mol. The zero-order chi connectivity index (χ0) is 13.0. The Hall–Kier alpha value is -2.13. The summed E-state index contributed by atoms with van der Waals surface area (Å²) < 4.78 is 5.30. The molecule has 92 valence electrons. The van der Waals surface area contributed by atoms with Gasteiger partial charge in [-0.25, -0.2) is 0 Å². The van der Waals surface area contributed by atoms with Gasteiger partial charge in [-0.1, -0.05) is 30.3 Å². The van der Waals surface area contributed by atoms with Crippen LogP contribution in [0.1, 0.15) is 15.9 Å². The first kappa shape index (κ1) is 12.3. The number of aldehydes is 1. The summed E-state index contributed by atoms with van der Waals surface area (Å²) in [6.45, 7) is -0.0104. The fraction of sp³-hybridized carbons (Fsp3) is 0.133. The number of carbonyl (C=O) groups is 1. The number of carbonyl (C=O) groups excluding carboxylic acids is 1. The van der Waals surface area contributed by atoms with E-state index in [0.717, 1.165) is 23.0 Å². The minimum atomic E-state index is -0.0104. The highest BCUT2D eigenvalue weighted by atomic mass is 16.5. The Kier molecular flexibility index (Phi) is 3.75. The van der Waals surface area contributed by atoms with E-state index < -0.39 is 0 Å². The van der Waals surface area contributed by atoms with Crippen LogP contribution in [-0.4, -0.2) is 18.5 Å². The lowest BCUT2D eigenvalue weighted by molar-refractivity contribution is 0.112. The number of hydrogen-bond donors (Lipinski definition) is 1. The Balaban J connectivity index is 2.59. The van der Waals surface area contributed by atoms with Gasteiger partial charge in [-0.3, -0.25) is 4.79 Å².